The minimum Gasteiger partial charge on any atom is -0.404 e. The van der Waals surface area contributed by atoms with Crippen molar-refractivity contribution in [3.05, 3.63) is 10.1 Å². The number of nitrogens with two attached hydrogens (primary N) is 1. The second kappa shape index (κ2) is 13.0. The molecule has 5 aliphatic rings. The number of guanidine groups is 1. The lowest BCUT2D eigenvalue weighted by molar-refractivity contribution is -0.525. The van der Waals surface area contributed by atoms with Crippen LogP contribution in [0.2, 0.25) is 0 Å². The van der Waals surface area contributed by atoms with Crippen LogP contribution in [-0.4, -0.2) is 66.6 Å². The molecular formula is C28H49BN6O6. The van der Waals surface area contributed by atoms with Gasteiger partial charge in [0, 0.05) is 18.9 Å². The Labute approximate surface area is 244 Å². The molecule has 2 aliphatic heterocycles. The zero-order valence-electron chi connectivity index (χ0n) is 25.3. The van der Waals surface area contributed by atoms with E-state index in [1.54, 1.807) is 0 Å². The van der Waals surface area contributed by atoms with Gasteiger partial charge >= 0.3 is 7.12 Å². The number of rotatable bonds is 13. The van der Waals surface area contributed by atoms with E-state index in [1.807, 2.05) is 5.43 Å². The third-order valence-electron chi connectivity index (χ3n) is 10.1. The van der Waals surface area contributed by atoms with Crippen LogP contribution in [0.4, 0.5) is 0 Å². The smallest absolute Gasteiger partial charge is 0.404 e. The summed E-state index contributed by atoms with van der Waals surface area (Å²) in [6.07, 6.45) is 6.61. The van der Waals surface area contributed by atoms with Crippen LogP contribution < -0.4 is 21.8 Å². The molecule has 0 spiro atoms. The summed E-state index contributed by atoms with van der Waals surface area (Å²) in [7, 11) is -0.541. The Kier molecular flexibility index (Phi) is 10.0. The lowest BCUT2D eigenvalue weighted by Gasteiger charge is -2.64. The van der Waals surface area contributed by atoms with Crippen LogP contribution in [0.1, 0.15) is 92.4 Å². The zero-order chi connectivity index (χ0) is 29.9. The predicted molar refractivity (Wildman–Crippen MR) is 156 cm³/mol. The van der Waals surface area contributed by atoms with Gasteiger partial charge in [0.15, 0.2) is 10.8 Å². The van der Waals surface area contributed by atoms with E-state index in [-0.39, 0.29) is 59.7 Å². The van der Waals surface area contributed by atoms with Gasteiger partial charge in [-0.05, 0) is 81.6 Å². The number of ketones is 1. The van der Waals surface area contributed by atoms with Crippen LogP contribution >= 0.6 is 0 Å². The van der Waals surface area contributed by atoms with Crippen molar-refractivity contribution in [1.82, 2.24) is 16.1 Å². The van der Waals surface area contributed by atoms with Gasteiger partial charge in [-0.1, -0.05) is 39.5 Å². The van der Waals surface area contributed by atoms with E-state index in [0.29, 0.717) is 37.0 Å². The van der Waals surface area contributed by atoms with Crippen molar-refractivity contribution in [2.75, 3.05) is 13.1 Å². The summed E-state index contributed by atoms with van der Waals surface area (Å²) in [6, 6.07) is -0.233. The van der Waals surface area contributed by atoms with Gasteiger partial charge in [-0.25, -0.2) is 15.1 Å². The number of aliphatic imine (C=N–C) groups is 1. The maximum atomic E-state index is 13.8. The number of carbonyl (C=O) groups is 2. The van der Waals surface area contributed by atoms with Gasteiger partial charge in [-0.3, -0.25) is 9.59 Å². The largest absolute Gasteiger partial charge is 0.481 e. The van der Waals surface area contributed by atoms with Crippen molar-refractivity contribution >= 4 is 24.8 Å². The molecule has 41 heavy (non-hydrogen) atoms. The number of hydrogen-bond acceptors (Lipinski definition) is 8. The number of nitrogens with zero attached hydrogens (tertiary/aromatic N) is 2. The van der Waals surface area contributed by atoms with E-state index < -0.39 is 18.1 Å². The fraction of sp³-hybridized carbons (Fsp3) is 0.893. The Morgan fingerprint density at radius 2 is 2.00 bits per heavy atom. The molecule has 1 amide bonds. The Hall–Kier alpha value is -2.25. The second-order valence-corrected chi connectivity index (χ2v) is 13.7. The minimum absolute atomic E-state index is 0.0154. The van der Waals surface area contributed by atoms with E-state index in [2.05, 4.69) is 50.2 Å². The SMILES string of the molecule is CC(C)C[C@H](NC(=O)[C@H](CCCN=C(N)N[N+](=O)[O-])CC(=O)C1CCCCN1)B1O[C@@H]2C[C@H]3C[C@H](C3(C)C)[C@]2(C)O1. The van der Waals surface area contributed by atoms with Crippen molar-refractivity contribution in [3.63, 3.8) is 0 Å². The van der Waals surface area contributed by atoms with E-state index in [1.165, 1.54) is 0 Å². The molecule has 13 heteroatoms. The first-order valence-electron chi connectivity index (χ1n) is 15.4. The maximum absolute atomic E-state index is 13.8. The molecule has 2 heterocycles. The molecule has 0 aromatic carbocycles. The Morgan fingerprint density at radius 1 is 1.24 bits per heavy atom. The van der Waals surface area contributed by atoms with Crippen molar-refractivity contribution in [1.29, 1.82) is 0 Å². The molecule has 0 aromatic heterocycles. The zero-order valence-corrected chi connectivity index (χ0v) is 25.3. The van der Waals surface area contributed by atoms with Crippen LogP contribution in [0.15, 0.2) is 4.99 Å². The van der Waals surface area contributed by atoms with Gasteiger partial charge < -0.3 is 25.7 Å². The first kappa shape index (κ1) is 31.7. The van der Waals surface area contributed by atoms with E-state index in [0.717, 1.165) is 38.6 Å². The first-order chi connectivity index (χ1) is 19.3. The van der Waals surface area contributed by atoms with Gasteiger partial charge in [0.25, 0.3) is 5.96 Å². The average Bonchev–Trinajstić information content (AvgIpc) is 3.26. The number of hydrazine groups is 1. The molecule has 0 radical (unpaired) electrons. The molecule has 3 aliphatic carbocycles. The third-order valence-corrected chi connectivity index (χ3v) is 10.1. The molecule has 230 valence electrons. The van der Waals surface area contributed by atoms with Crippen molar-refractivity contribution < 1.29 is 23.9 Å². The summed E-state index contributed by atoms with van der Waals surface area (Å²) in [4.78, 5) is 41.5. The van der Waals surface area contributed by atoms with Gasteiger partial charge in [-0.15, -0.1) is 0 Å². The first-order valence-corrected chi connectivity index (χ1v) is 15.4. The lowest BCUT2D eigenvalue weighted by atomic mass is 9.43. The summed E-state index contributed by atoms with van der Waals surface area (Å²) in [5, 5.41) is 16.3. The summed E-state index contributed by atoms with van der Waals surface area (Å²) in [5.41, 5.74) is 7.20. The minimum atomic E-state index is -0.770. The number of amides is 1. The average molecular weight is 577 g/mol. The molecule has 2 bridgehead atoms. The number of Topliss-reactive ketones (excluding diaryl/α,β-unsaturated/α-hetero) is 1. The fourth-order valence-electron chi connectivity index (χ4n) is 7.62. The van der Waals surface area contributed by atoms with Crippen LogP contribution in [0.25, 0.3) is 0 Å². The number of nitrogens with one attached hydrogen (secondary N) is 3. The summed E-state index contributed by atoms with van der Waals surface area (Å²) in [5.74, 6) is 0.0000640. The highest BCUT2D eigenvalue weighted by Gasteiger charge is 2.68. The Balaban J connectivity index is 1.43. The van der Waals surface area contributed by atoms with Crippen molar-refractivity contribution in [3.8, 4) is 0 Å². The number of carbonyl (C=O) groups excluding carboxylic acids is 2. The van der Waals surface area contributed by atoms with Crippen molar-refractivity contribution in [2.45, 2.75) is 116 Å². The highest BCUT2D eigenvalue weighted by molar-refractivity contribution is 6.47. The number of piperidine rings is 1. The molecule has 5 N–H and O–H groups in total. The van der Waals surface area contributed by atoms with Crippen LogP contribution in [0.3, 0.4) is 0 Å². The molecule has 1 unspecified atom stereocenters. The van der Waals surface area contributed by atoms with E-state index >= 15 is 0 Å². The predicted octanol–water partition coefficient (Wildman–Crippen LogP) is 2.38. The molecule has 12 nitrogen and oxygen atoms in total. The van der Waals surface area contributed by atoms with Gasteiger partial charge in [0.05, 0.1) is 23.7 Å². The van der Waals surface area contributed by atoms with Gasteiger partial charge in [0.2, 0.25) is 5.91 Å². The van der Waals surface area contributed by atoms with Crippen LogP contribution in [-0.2, 0) is 18.9 Å². The Morgan fingerprint density at radius 3 is 2.63 bits per heavy atom. The summed E-state index contributed by atoms with van der Waals surface area (Å²) >= 11 is 0. The topological polar surface area (TPSA) is 170 Å². The summed E-state index contributed by atoms with van der Waals surface area (Å²) in [6.45, 7) is 12.0. The molecule has 7 atom stereocenters. The number of nitro groups is 1. The van der Waals surface area contributed by atoms with Gasteiger partial charge in [0.1, 0.15) is 0 Å². The van der Waals surface area contributed by atoms with Crippen LogP contribution in [0, 0.1) is 39.2 Å². The second-order valence-electron chi connectivity index (χ2n) is 13.7. The molecule has 3 saturated carbocycles. The van der Waals surface area contributed by atoms with E-state index in [9.17, 15) is 19.7 Å². The summed E-state index contributed by atoms with van der Waals surface area (Å²) < 4.78 is 13.2. The molecule has 5 fully saturated rings. The monoisotopic (exact) mass is 576 g/mol. The normalized spacial score (nSPS) is 32.0. The highest BCUT2D eigenvalue weighted by Crippen LogP contribution is 2.65. The quantitative estimate of drug-likeness (QED) is 0.0642. The number of hydrogen-bond donors (Lipinski definition) is 4. The van der Waals surface area contributed by atoms with Crippen molar-refractivity contribution in [2.24, 2.45) is 39.8 Å². The molecular weight excluding hydrogens is 527 g/mol. The molecule has 0 aromatic rings. The molecule has 5 rings (SSSR count). The fourth-order valence-corrected chi connectivity index (χ4v) is 7.62. The molecule has 2 saturated heterocycles. The maximum Gasteiger partial charge on any atom is 0.481 e. The standard InChI is InChI=1S/C28H49BN6O6/c1-17(2)13-24(29-40-23-16-19-15-22(27(19,3)4)28(23,5)41-29)33-25(37)18(9-8-12-32-26(30)34-35(38)39)14-21(36)20-10-6-7-11-31-20/h17-20,22-24,31H,6-16H2,1-5H3,(H,33,37)(H3,30,32,34)/t18-,19-,20?,22-,23-,24+,28+/m1/s1. The van der Waals surface area contributed by atoms with E-state index in [4.69, 9.17) is 15.0 Å². The van der Waals surface area contributed by atoms with Crippen LogP contribution in [0.5, 0.6) is 0 Å². The highest BCUT2D eigenvalue weighted by atomic mass is 16.7. The lowest BCUT2D eigenvalue weighted by Crippen LogP contribution is -2.65. The van der Waals surface area contributed by atoms with Gasteiger partial charge in [-0.2, -0.15) is 0 Å². The Bertz CT molecular complexity index is 1000. The third kappa shape index (κ3) is 7.22.